The van der Waals surface area contributed by atoms with E-state index in [0.717, 1.165) is 0 Å². The van der Waals surface area contributed by atoms with Crippen molar-refractivity contribution in [3.8, 4) is 0 Å². The number of esters is 1. The number of hydrogen-bond acceptors (Lipinski definition) is 4. The molecule has 0 aliphatic carbocycles. The summed E-state index contributed by atoms with van der Waals surface area (Å²) in [7, 11) is 1.43. The number of fused-ring (bicyclic) bond motifs is 9. The molecule has 2 saturated heterocycles. The first-order valence-electron chi connectivity index (χ1n) is 5.54. The number of rotatable bonds is 1. The van der Waals surface area contributed by atoms with Gasteiger partial charge in [-0.25, -0.2) is 0 Å². The zero-order chi connectivity index (χ0) is 10.9. The number of carbonyl (C=O) groups excluding carboxylic acids is 1. The summed E-state index contributed by atoms with van der Waals surface area (Å²) < 4.78 is 16.6. The second kappa shape index (κ2) is 2.57. The van der Waals surface area contributed by atoms with E-state index in [1.807, 2.05) is 24.3 Å². The van der Waals surface area contributed by atoms with Crippen LogP contribution in [0.1, 0.15) is 0 Å². The lowest BCUT2D eigenvalue weighted by Gasteiger charge is -2.35. The van der Waals surface area contributed by atoms with Crippen molar-refractivity contribution >= 4 is 5.97 Å². The highest BCUT2D eigenvalue weighted by Crippen LogP contribution is 2.61. The third kappa shape index (κ3) is 0.701. The predicted molar refractivity (Wildman–Crippen MR) is 53.5 cm³/mol. The Labute approximate surface area is 92.9 Å². The Kier molecular flexibility index (Phi) is 1.44. The van der Waals surface area contributed by atoms with Gasteiger partial charge in [-0.1, -0.05) is 24.3 Å². The summed E-state index contributed by atoms with van der Waals surface area (Å²) in [4.78, 5) is 12.1. The highest BCUT2D eigenvalue weighted by atomic mass is 16.6. The van der Waals surface area contributed by atoms with Crippen LogP contribution in [0.4, 0.5) is 0 Å². The van der Waals surface area contributed by atoms with Crippen LogP contribution in [-0.2, 0) is 19.0 Å². The van der Waals surface area contributed by atoms with Crippen LogP contribution in [0.25, 0.3) is 0 Å². The van der Waals surface area contributed by atoms with Gasteiger partial charge in [0.25, 0.3) is 0 Å². The molecule has 4 nitrogen and oxygen atoms in total. The van der Waals surface area contributed by atoms with Gasteiger partial charge in [0.15, 0.2) is 0 Å². The van der Waals surface area contributed by atoms with Crippen LogP contribution < -0.4 is 0 Å². The van der Waals surface area contributed by atoms with Crippen LogP contribution in [0.15, 0.2) is 24.3 Å². The second-order valence-electron chi connectivity index (χ2n) is 4.76. The Bertz CT molecular complexity index is 397. The number of hydrogen-bond donors (Lipinski definition) is 0. The minimum atomic E-state index is -0.631. The van der Waals surface area contributed by atoms with Crippen LogP contribution in [0.2, 0.25) is 0 Å². The monoisotopic (exact) mass is 220 g/mol. The maximum atomic E-state index is 12.1. The smallest absolute Gasteiger partial charge is 0.318 e. The van der Waals surface area contributed by atoms with E-state index in [-0.39, 0.29) is 36.3 Å². The van der Waals surface area contributed by atoms with Crippen LogP contribution in [0.3, 0.4) is 0 Å². The van der Waals surface area contributed by atoms with Crippen molar-refractivity contribution in [2.75, 3.05) is 7.11 Å². The van der Waals surface area contributed by atoms with E-state index >= 15 is 0 Å². The molecule has 0 N–H and O–H groups in total. The van der Waals surface area contributed by atoms with E-state index in [1.54, 1.807) is 0 Å². The molecule has 0 aromatic carbocycles. The van der Waals surface area contributed by atoms with Crippen LogP contribution in [0.5, 0.6) is 0 Å². The van der Waals surface area contributed by atoms with E-state index in [9.17, 15) is 4.79 Å². The van der Waals surface area contributed by atoms with Gasteiger partial charge in [-0.2, -0.15) is 0 Å². The van der Waals surface area contributed by atoms with E-state index in [2.05, 4.69) is 0 Å². The molecule has 0 unspecified atom stereocenters. The SMILES string of the molecule is COC(=O)C12C([C@H]3C=C[C@@H]1O3)[C@H]1C=C[C@@H]2O1. The molecule has 16 heavy (non-hydrogen) atoms. The maximum Gasteiger partial charge on any atom is 0.318 e. The van der Waals surface area contributed by atoms with E-state index in [4.69, 9.17) is 14.2 Å². The van der Waals surface area contributed by atoms with Crippen molar-refractivity contribution in [2.24, 2.45) is 11.3 Å². The van der Waals surface area contributed by atoms with Gasteiger partial charge in [0.1, 0.15) is 5.41 Å². The van der Waals surface area contributed by atoms with Gasteiger partial charge < -0.3 is 14.2 Å². The Hall–Kier alpha value is -1.13. The molecule has 4 atom stereocenters. The topological polar surface area (TPSA) is 44.8 Å². The molecule has 4 aliphatic rings. The van der Waals surface area contributed by atoms with Crippen LogP contribution >= 0.6 is 0 Å². The van der Waals surface area contributed by atoms with E-state index < -0.39 is 5.41 Å². The van der Waals surface area contributed by atoms with Gasteiger partial charge in [0.05, 0.1) is 31.5 Å². The summed E-state index contributed by atoms with van der Waals surface area (Å²) >= 11 is 0. The third-order valence-electron chi connectivity index (χ3n) is 4.30. The largest absolute Gasteiger partial charge is 0.468 e. The molecule has 84 valence electrons. The lowest BCUT2D eigenvalue weighted by atomic mass is 9.63. The fraction of sp³-hybridized carbons (Fsp3) is 0.583. The zero-order valence-electron chi connectivity index (χ0n) is 8.83. The summed E-state index contributed by atoms with van der Waals surface area (Å²) in [6.07, 6.45) is 7.65. The van der Waals surface area contributed by atoms with Crippen molar-refractivity contribution in [1.82, 2.24) is 0 Å². The molecule has 0 aromatic heterocycles. The molecule has 2 fully saturated rings. The first-order chi connectivity index (χ1) is 7.78. The van der Waals surface area contributed by atoms with Gasteiger partial charge in [-0.3, -0.25) is 4.79 Å². The van der Waals surface area contributed by atoms with Gasteiger partial charge in [0.2, 0.25) is 0 Å². The summed E-state index contributed by atoms with van der Waals surface area (Å²) in [6.45, 7) is 0. The fourth-order valence-electron chi connectivity index (χ4n) is 3.71. The summed E-state index contributed by atoms with van der Waals surface area (Å²) in [5.74, 6) is -0.115. The Morgan fingerprint density at radius 3 is 2.19 bits per heavy atom. The van der Waals surface area contributed by atoms with Crippen molar-refractivity contribution in [3.05, 3.63) is 24.3 Å². The molecule has 4 rings (SSSR count). The van der Waals surface area contributed by atoms with Crippen LogP contribution in [-0.4, -0.2) is 37.5 Å². The number of methoxy groups -OCH3 is 1. The van der Waals surface area contributed by atoms with Gasteiger partial charge in [-0.05, 0) is 0 Å². The summed E-state index contributed by atoms with van der Waals surface area (Å²) in [5, 5.41) is 0. The quantitative estimate of drug-likeness (QED) is 0.475. The lowest BCUT2D eigenvalue weighted by Crippen LogP contribution is -2.51. The molecular formula is C12H12O4. The molecule has 0 aromatic rings. The predicted octanol–water partition coefficient (Wildman–Crippen LogP) is 0.436. The van der Waals surface area contributed by atoms with Gasteiger partial charge >= 0.3 is 5.97 Å². The molecule has 0 amide bonds. The average molecular weight is 220 g/mol. The molecule has 4 bridgehead atoms. The minimum absolute atomic E-state index is 0.00375. The van der Waals surface area contributed by atoms with Crippen molar-refractivity contribution in [1.29, 1.82) is 0 Å². The molecule has 4 heterocycles. The van der Waals surface area contributed by atoms with Crippen molar-refractivity contribution in [2.45, 2.75) is 24.4 Å². The number of ether oxygens (including phenoxy) is 3. The molecule has 0 radical (unpaired) electrons. The third-order valence-corrected chi connectivity index (χ3v) is 4.30. The standard InChI is InChI=1S/C12H12O4/c1-14-11(13)12-8-4-2-6(15-8)10(12)7-3-5-9(12)16-7/h2-10H,1H3/t6-,7-,8+,9+,10?,12?/m1/s1. The van der Waals surface area contributed by atoms with E-state index in [1.165, 1.54) is 7.11 Å². The Balaban J connectivity index is 1.90. The highest BCUT2D eigenvalue weighted by Gasteiger charge is 2.73. The summed E-state index contributed by atoms with van der Waals surface area (Å²) in [6, 6.07) is 0. The maximum absolute atomic E-state index is 12.1. The first kappa shape index (κ1) is 8.96. The lowest BCUT2D eigenvalue weighted by molar-refractivity contribution is -0.158. The van der Waals surface area contributed by atoms with Gasteiger partial charge in [0, 0.05) is 5.92 Å². The number of carbonyl (C=O) groups is 1. The van der Waals surface area contributed by atoms with Crippen molar-refractivity contribution < 1.29 is 19.0 Å². The highest BCUT2D eigenvalue weighted by molar-refractivity contribution is 5.82. The minimum Gasteiger partial charge on any atom is -0.468 e. The fourth-order valence-corrected chi connectivity index (χ4v) is 3.71. The molecule has 4 heteroatoms. The normalized spacial score (nSPS) is 54.7. The Morgan fingerprint density at radius 1 is 1.12 bits per heavy atom. The van der Waals surface area contributed by atoms with Gasteiger partial charge in [-0.15, -0.1) is 0 Å². The average Bonchev–Trinajstić information content (AvgIpc) is 3.04. The molecular weight excluding hydrogens is 208 g/mol. The zero-order valence-corrected chi connectivity index (χ0v) is 8.83. The molecule has 0 spiro atoms. The first-order valence-corrected chi connectivity index (χ1v) is 5.54. The molecule has 0 saturated carbocycles. The Morgan fingerprint density at radius 2 is 1.69 bits per heavy atom. The molecule has 4 aliphatic heterocycles. The summed E-state index contributed by atoms with van der Waals surface area (Å²) in [5.41, 5.74) is -0.631. The second-order valence-corrected chi connectivity index (χ2v) is 4.76. The van der Waals surface area contributed by atoms with Crippen LogP contribution in [0, 0.1) is 11.3 Å². The van der Waals surface area contributed by atoms with E-state index in [0.29, 0.717) is 0 Å². The van der Waals surface area contributed by atoms with Crippen molar-refractivity contribution in [3.63, 3.8) is 0 Å².